The van der Waals surface area contributed by atoms with E-state index < -0.39 is 0 Å². The van der Waals surface area contributed by atoms with Crippen molar-refractivity contribution in [1.82, 2.24) is 10.2 Å². The summed E-state index contributed by atoms with van der Waals surface area (Å²) in [5.41, 5.74) is 0. The number of nitrogens with one attached hydrogen (secondary N) is 1. The second-order valence-electron chi connectivity index (χ2n) is 4.64. The topological polar surface area (TPSA) is 32.3 Å². The van der Waals surface area contributed by atoms with Crippen molar-refractivity contribution >= 4 is 28.8 Å². The third-order valence-corrected chi connectivity index (χ3v) is 4.76. The summed E-state index contributed by atoms with van der Waals surface area (Å²) >= 11 is 7.50. The lowest BCUT2D eigenvalue weighted by atomic mass is 10.2. The molecule has 5 heteroatoms. The van der Waals surface area contributed by atoms with Crippen LogP contribution in [0.15, 0.2) is 12.1 Å². The highest BCUT2D eigenvalue weighted by Gasteiger charge is 2.34. The number of nitrogens with zero attached hydrogens (tertiary/aromatic N) is 1. The fraction of sp³-hybridized carbons (Fsp3) is 0.615. The van der Waals surface area contributed by atoms with E-state index >= 15 is 0 Å². The Bertz CT molecular complexity index is 421. The van der Waals surface area contributed by atoms with E-state index in [2.05, 4.69) is 19.2 Å². The van der Waals surface area contributed by atoms with Gasteiger partial charge in [-0.25, -0.2) is 0 Å². The molecule has 3 nitrogen and oxygen atoms in total. The molecule has 0 saturated carbocycles. The number of carbonyl (C=O) groups is 1. The lowest BCUT2D eigenvalue weighted by Crippen LogP contribution is -2.39. The molecular weight excluding hydrogens is 268 g/mol. The van der Waals surface area contributed by atoms with Gasteiger partial charge in [0.25, 0.3) is 0 Å². The van der Waals surface area contributed by atoms with Gasteiger partial charge in [0.1, 0.15) is 0 Å². The summed E-state index contributed by atoms with van der Waals surface area (Å²) in [6.07, 6.45) is 1.96. The molecule has 0 radical (unpaired) electrons. The summed E-state index contributed by atoms with van der Waals surface area (Å²) < 4.78 is 0.782. The molecule has 0 spiro atoms. The van der Waals surface area contributed by atoms with E-state index in [-0.39, 0.29) is 18.0 Å². The molecule has 1 aromatic rings. The summed E-state index contributed by atoms with van der Waals surface area (Å²) in [5.74, 6) is 0.223. The summed E-state index contributed by atoms with van der Waals surface area (Å²) in [7, 11) is 0. The highest BCUT2D eigenvalue weighted by Crippen LogP contribution is 2.32. The van der Waals surface area contributed by atoms with Crippen LogP contribution in [0.4, 0.5) is 0 Å². The van der Waals surface area contributed by atoms with Gasteiger partial charge in [-0.1, -0.05) is 18.5 Å². The third kappa shape index (κ3) is 2.87. The van der Waals surface area contributed by atoms with Crippen LogP contribution in [0.1, 0.15) is 37.6 Å². The summed E-state index contributed by atoms with van der Waals surface area (Å²) in [6.45, 7) is 5.92. The Morgan fingerprint density at radius 2 is 2.39 bits per heavy atom. The van der Waals surface area contributed by atoms with Crippen LogP contribution in [0.3, 0.4) is 0 Å². The Hall–Kier alpha value is -0.580. The van der Waals surface area contributed by atoms with Gasteiger partial charge in [0, 0.05) is 11.4 Å². The first-order valence-corrected chi connectivity index (χ1v) is 7.62. The molecule has 1 saturated heterocycles. The van der Waals surface area contributed by atoms with Crippen molar-refractivity contribution in [2.75, 3.05) is 13.1 Å². The fourth-order valence-corrected chi connectivity index (χ4v) is 3.43. The second-order valence-corrected chi connectivity index (χ2v) is 6.39. The van der Waals surface area contributed by atoms with Crippen molar-refractivity contribution in [3.63, 3.8) is 0 Å². The van der Waals surface area contributed by atoms with Gasteiger partial charge in [0.05, 0.1) is 16.4 Å². The summed E-state index contributed by atoms with van der Waals surface area (Å²) in [4.78, 5) is 15.4. The molecule has 2 heterocycles. The number of likely N-dealkylation sites (tertiary alicyclic amines) is 1. The molecule has 0 bridgehead atoms. The zero-order chi connectivity index (χ0) is 13.1. The highest BCUT2D eigenvalue weighted by atomic mass is 35.5. The van der Waals surface area contributed by atoms with E-state index in [1.54, 1.807) is 11.3 Å². The molecule has 2 unspecified atom stereocenters. The number of halogens is 1. The Morgan fingerprint density at radius 3 is 3.00 bits per heavy atom. The molecule has 1 N–H and O–H groups in total. The zero-order valence-corrected chi connectivity index (χ0v) is 12.4. The van der Waals surface area contributed by atoms with Crippen LogP contribution < -0.4 is 5.32 Å². The van der Waals surface area contributed by atoms with Gasteiger partial charge < -0.3 is 10.2 Å². The molecule has 2 atom stereocenters. The zero-order valence-electron chi connectivity index (χ0n) is 10.8. The number of thiophene rings is 1. The third-order valence-electron chi connectivity index (χ3n) is 3.35. The summed E-state index contributed by atoms with van der Waals surface area (Å²) in [5, 5.41) is 3.31. The van der Waals surface area contributed by atoms with E-state index in [1.807, 2.05) is 17.0 Å². The molecule has 1 amide bonds. The largest absolute Gasteiger partial charge is 0.334 e. The Balaban J connectivity index is 2.00. The van der Waals surface area contributed by atoms with Gasteiger partial charge in [0.15, 0.2) is 0 Å². The number of carbonyl (C=O) groups excluding carboxylic acids is 1. The first kappa shape index (κ1) is 13.8. The van der Waals surface area contributed by atoms with Crippen molar-refractivity contribution in [2.45, 2.75) is 38.8 Å². The van der Waals surface area contributed by atoms with Crippen LogP contribution in [-0.2, 0) is 4.79 Å². The number of amides is 1. The smallest absolute Gasteiger partial charge is 0.240 e. The van der Waals surface area contributed by atoms with Crippen LogP contribution in [0.25, 0.3) is 0 Å². The number of hydrogen-bond acceptors (Lipinski definition) is 3. The van der Waals surface area contributed by atoms with Crippen LogP contribution >= 0.6 is 22.9 Å². The van der Waals surface area contributed by atoms with Gasteiger partial charge in [-0.2, -0.15) is 0 Å². The van der Waals surface area contributed by atoms with Crippen LogP contribution in [0.2, 0.25) is 4.34 Å². The average molecular weight is 287 g/mol. The maximum atomic E-state index is 12.3. The molecule has 0 aromatic carbocycles. The summed E-state index contributed by atoms with van der Waals surface area (Å²) in [6, 6.07) is 4.04. The molecule has 1 fully saturated rings. The van der Waals surface area contributed by atoms with Gasteiger partial charge >= 0.3 is 0 Å². The maximum Gasteiger partial charge on any atom is 0.240 e. The first-order chi connectivity index (χ1) is 8.63. The highest BCUT2D eigenvalue weighted by molar-refractivity contribution is 7.16. The van der Waals surface area contributed by atoms with Gasteiger partial charge in [-0.3, -0.25) is 4.79 Å². The maximum absolute atomic E-state index is 12.3. The predicted octanol–water partition coefficient (Wildman–Crippen LogP) is 3.06. The molecule has 2 rings (SSSR count). The monoisotopic (exact) mass is 286 g/mol. The minimum atomic E-state index is 0.00262. The Morgan fingerprint density at radius 1 is 1.61 bits per heavy atom. The van der Waals surface area contributed by atoms with Gasteiger partial charge in [0.2, 0.25) is 5.91 Å². The first-order valence-electron chi connectivity index (χ1n) is 6.42. The average Bonchev–Trinajstić information content (AvgIpc) is 2.93. The SMILES string of the molecule is CCCNC1CCN(C(C)c2ccc(Cl)s2)C1=O. The van der Waals surface area contributed by atoms with E-state index in [4.69, 9.17) is 11.6 Å². The van der Waals surface area contributed by atoms with Crippen molar-refractivity contribution in [1.29, 1.82) is 0 Å². The normalized spacial score (nSPS) is 21.6. The minimum Gasteiger partial charge on any atom is -0.334 e. The molecular formula is C13H19ClN2OS. The molecule has 1 aliphatic heterocycles. The van der Waals surface area contributed by atoms with E-state index in [0.717, 1.165) is 35.1 Å². The van der Waals surface area contributed by atoms with E-state index in [9.17, 15) is 4.79 Å². The molecule has 100 valence electrons. The van der Waals surface area contributed by atoms with Crippen molar-refractivity contribution in [3.8, 4) is 0 Å². The van der Waals surface area contributed by atoms with Gasteiger partial charge in [-0.05, 0) is 38.4 Å². The van der Waals surface area contributed by atoms with Crippen LogP contribution in [0, 0.1) is 0 Å². The van der Waals surface area contributed by atoms with Gasteiger partial charge in [-0.15, -0.1) is 11.3 Å². The molecule has 18 heavy (non-hydrogen) atoms. The minimum absolute atomic E-state index is 0.00262. The molecule has 0 aliphatic carbocycles. The predicted molar refractivity (Wildman–Crippen MR) is 76.2 cm³/mol. The molecule has 1 aromatic heterocycles. The number of hydrogen-bond donors (Lipinski definition) is 1. The Kier molecular flexibility index (Phi) is 4.65. The number of rotatable bonds is 5. The Labute approximate surface area is 117 Å². The van der Waals surface area contributed by atoms with Crippen LogP contribution in [0.5, 0.6) is 0 Å². The van der Waals surface area contributed by atoms with Crippen molar-refractivity contribution in [2.24, 2.45) is 0 Å². The quantitative estimate of drug-likeness (QED) is 0.902. The standard InChI is InChI=1S/C13H19ClN2OS/c1-3-7-15-10-6-8-16(13(10)17)9(2)11-4-5-12(14)18-11/h4-5,9-10,15H,3,6-8H2,1-2H3. The van der Waals surface area contributed by atoms with E-state index in [1.165, 1.54) is 0 Å². The fourth-order valence-electron chi connectivity index (χ4n) is 2.30. The lowest BCUT2D eigenvalue weighted by molar-refractivity contribution is -0.131. The lowest BCUT2D eigenvalue weighted by Gasteiger charge is -2.24. The van der Waals surface area contributed by atoms with Crippen molar-refractivity contribution in [3.05, 3.63) is 21.3 Å². The van der Waals surface area contributed by atoms with Crippen molar-refractivity contribution < 1.29 is 4.79 Å². The second kappa shape index (κ2) is 6.04. The van der Waals surface area contributed by atoms with Crippen LogP contribution in [-0.4, -0.2) is 29.9 Å². The van der Waals surface area contributed by atoms with E-state index in [0.29, 0.717) is 0 Å². The molecule has 1 aliphatic rings.